The van der Waals surface area contributed by atoms with E-state index in [9.17, 15) is 4.79 Å². The van der Waals surface area contributed by atoms with Crippen LogP contribution in [0.25, 0.3) is 5.69 Å². The fraction of sp³-hybridized carbons (Fsp3) is 0.111. The Morgan fingerprint density at radius 1 is 1.04 bits per heavy atom. The van der Waals surface area contributed by atoms with Crippen molar-refractivity contribution < 1.29 is 4.79 Å². The van der Waals surface area contributed by atoms with Crippen LogP contribution in [0.3, 0.4) is 0 Å². The number of aromatic nitrogens is 2. The van der Waals surface area contributed by atoms with Crippen LogP contribution < -0.4 is 5.32 Å². The maximum Gasteiger partial charge on any atom is 0.258 e. The SMILES string of the molecule is O=C(Nc1c2c(nn1-c1ccc(Cl)cc1)CSC2)c1ccc(Cl)cc1Cl. The van der Waals surface area contributed by atoms with E-state index in [2.05, 4.69) is 10.4 Å². The topological polar surface area (TPSA) is 46.9 Å². The van der Waals surface area contributed by atoms with Crippen LogP contribution in [0, 0.1) is 0 Å². The number of hydrogen-bond donors (Lipinski definition) is 1. The summed E-state index contributed by atoms with van der Waals surface area (Å²) in [6.07, 6.45) is 0. The second-order valence-electron chi connectivity index (χ2n) is 5.73. The number of anilines is 1. The van der Waals surface area contributed by atoms with Gasteiger partial charge in [0.25, 0.3) is 5.91 Å². The molecule has 132 valence electrons. The molecule has 1 N–H and O–H groups in total. The molecule has 8 heteroatoms. The van der Waals surface area contributed by atoms with Crippen molar-refractivity contribution in [2.75, 3.05) is 5.32 Å². The van der Waals surface area contributed by atoms with Gasteiger partial charge in [0.1, 0.15) is 5.82 Å². The van der Waals surface area contributed by atoms with Crippen molar-refractivity contribution in [3.63, 3.8) is 0 Å². The summed E-state index contributed by atoms with van der Waals surface area (Å²) in [4.78, 5) is 12.8. The van der Waals surface area contributed by atoms with Crippen molar-refractivity contribution in [3.8, 4) is 5.69 Å². The van der Waals surface area contributed by atoms with Crippen LogP contribution in [0.5, 0.6) is 0 Å². The van der Waals surface area contributed by atoms with Gasteiger partial charge in [0, 0.05) is 27.1 Å². The Morgan fingerprint density at radius 3 is 2.50 bits per heavy atom. The van der Waals surface area contributed by atoms with Gasteiger partial charge in [-0.05, 0) is 42.5 Å². The summed E-state index contributed by atoms with van der Waals surface area (Å²) in [7, 11) is 0. The van der Waals surface area contributed by atoms with Crippen LogP contribution in [-0.2, 0) is 11.5 Å². The first kappa shape index (κ1) is 17.7. The maximum atomic E-state index is 12.8. The smallest absolute Gasteiger partial charge is 0.258 e. The Bertz CT molecular complexity index is 1000. The molecule has 1 amide bonds. The largest absolute Gasteiger partial charge is 0.306 e. The summed E-state index contributed by atoms with van der Waals surface area (Å²) < 4.78 is 1.74. The number of amides is 1. The monoisotopic (exact) mass is 423 g/mol. The highest BCUT2D eigenvalue weighted by atomic mass is 35.5. The first-order chi connectivity index (χ1) is 12.5. The van der Waals surface area contributed by atoms with E-state index in [1.807, 2.05) is 12.1 Å². The van der Waals surface area contributed by atoms with Crippen molar-refractivity contribution in [1.82, 2.24) is 9.78 Å². The van der Waals surface area contributed by atoms with Gasteiger partial charge in [0.2, 0.25) is 0 Å². The van der Waals surface area contributed by atoms with Crippen molar-refractivity contribution in [3.05, 3.63) is 74.4 Å². The second-order valence-corrected chi connectivity index (χ2v) is 8.00. The number of halogens is 3. The third-order valence-electron chi connectivity index (χ3n) is 4.03. The standard InChI is InChI=1S/C18H12Cl3N3OS/c19-10-1-4-12(5-2-10)24-17(14-8-26-9-16(14)23-24)22-18(25)13-6-3-11(20)7-15(13)21/h1-7H,8-9H2,(H,22,25). The quantitative estimate of drug-likeness (QED) is 0.575. The number of thioether (sulfide) groups is 1. The number of benzene rings is 2. The average molecular weight is 425 g/mol. The third kappa shape index (κ3) is 3.32. The summed E-state index contributed by atoms with van der Waals surface area (Å²) in [5.41, 5.74) is 3.19. The highest BCUT2D eigenvalue weighted by molar-refractivity contribution is 7.98. The van der Waals surface area contributed by atoms with Crippen molar-refractivity contribution in [2.45, 2.75) is 11.5 Å². The van der Waals surface area contributed by atoms with Gasteiger partial charge >= 0.3 is 0 Å². The third-order valence-corrected chi connectivity index (χ3v) is 5.80. The zero-order valence-electron chi connectivity index (χ0n) is 13.3. The van der Waals surface area contributed by atoms with Crippen LogP contribution in [0.15, 0.2) is 42.5 Å². The van der Waals surface area contributed by atoms with Crippen LogP contribution in [0.2, 0.25) is 15.1 Å². The first-order valence-corrected chi connectivity index (χ1v) is 10.0. The molecule has 2 aromatic carbocycles. The molecule has 3 aromatic rings. The van der Waals surface area contributed by atoms with E-state index in [-0.39, 0.29) is 5.91 Å². The molecule has 4 nitrogen and oxygen atoms in total. The molecule has 0 fully saturated rings. The summed E-state index contributed by atoms with van der Waals surface area (Å²) >= 11 is 19.8. The molecule has 0 unspecified atom stereocenters. The molecule has 26 heavy (non-hydrogen) atoms. The number of carbonyl (C=O) groups is 1. The molecule has 0 saturated carbocycles. The van der Waals surface area contributed by atoms with Crippen LogP contribution in [0.1, 0.15) is 21.6 Å². The predicted octanol–water partition coefficient (Wildman–Crippen LogP) is 5.83. The molecule has 0 atom stereocenters. The minimum atomic E-state index is -0.304. The summed E-state index contributed by atoms with van der Waals surface area (Å²) in [5, 5.41) is 9.05. The maximum absolute atomic E-state index is 12.8. The van der Waals surface area contributed by atoms with Gasteiger partial charge in [-0.15, -0.1) is 0 Å². The van der Waals surface area contributed by atoms with E-state index < -0.39 is 0 Å². The molecule has 0 aliphatic carbocycles. The Labute approximate surface area is 169 Å². The van der Waals surface area contributed by atoms with E-state index in [1.165, 1.54) is 0 Å². The Kier molecular flexibility index (Phi) is 4.88. The highest BCUT2D eigenvalue weighted by Crippen LogP contribution is 2.36. The number of nitrogens with zero attached hydrogens (tertiary/aromatic N) is 2. The molecular weight excluding hydrogens is 413 g/mol. The van der Waals surface area contributed by atoms with E-state index in [4.69, 9.17) is 34.8 Å². The van der Waals surface area contributed by atoms with Gasteiger partial charge in [-0.1, -0.05) is 34.8 Å². The van der Waals surface area contributed by atoms with Gasteiger partial charge < -0.3 is 5.32 Å². The lowest BCUT2D eigenvalue weighted by atomic mass is 10.2. The van der Waals surface area contributed by atoms with E-state index >= 15 is 0 Å². The van der Waals surface area contributed by atoms with E-state index in [0.717, 1.165) is 28.5 Å². The van der Waals surface area contributed by atoms with Gasteiger partial charge in [-0.25, -0.2) is 4.68 Å². The molecule has 0 saturated heterocycles. The summed E-state index contributed by atoms with van der Waals surface area (Å²) in [6.45, 7) is 0. The predicted molar refractivity (Wildman–Crippen MR) is 108 cm³/mol. The normalized spacial score (nSPS) is 12.9. The lowest BCUT2D eigenvalue weighted by Crippen LogP contribution is -2.16. The Hall–Kier alpha value is -1.66. The average Bonchev–Trinajstić information content (AvgIpc) is 3.18. The van der Waals surface area contributed by atoms with Crippen molar-refractivity contribution in [2.24, 2.45) is 0 Å². The van der Waals surface area contributed by atoms with Crippen LogP contribution in [-0.4, -0.2) is 15.7 Å². The van der Waals surface area contributed by atoms with Gasteiger partial charge in [-0.2, -0.15) is 16.9 Å². The molecule has 0 radical (unpaired) electrons. The number of nitrogens with one attached hydrogen (secondary N) is 1. The van der Waals surface area contributed by atoms with Gasteiger partial charge in [-0.3, -0.25) is 4.79 Å². The minimum absolute atomic E-state index is 0.304. The highest BCUT2D eigenvalue weighted by Gasteiger charge is 2.25. The Balaban J connectivity index is 1.73. The van der Waals surface area contributed by atoms with E-state index in [0.29, 0.717) is 26.4 Å². The van der Waals surface area contributed by atoms with Crippen molar-refractivity contribution >= 4 is 58.3 Å². The zero-order valence-corrected chi connectivity index (χ0v) is 16.4. The number of carbonyl (C=O) groups excluding carboxylic acids is 1. The van der Waals surface area contributed by atoms with Crippen molar-refractivity contribution in [1.29, 1.82) is 0 Å². The molecule has 1 aliphatic heterocycles. The molecule has 2 heterocycles. The first-order valence-electron chi connectivity index (χ1n) is 7.74. The number of hydrogen-bond acceptors (Lipinski definition) is 3. The lowest BCUT2D eigenvalue weighted by molar-refractivity contribution is 0.102. The minimum Gasteiger partial charge on any atom is -0.306 e. The van der Waals surface area contributed by atoms with Gasteiger partial charge in [0.15, 0.2) is 0 Å². The van der Waals surface area contributed by atoms with Crippen LogP contribution in [0.4, 0.5) is 5.82 Å². The fourth-order valence-corrected chi connectivity index (χ4v) is 4.41. The number of fused-ring (bicyclic) bond motifs is 1. The fourth-order valence-electron chi connectivity index (χ4n) is 2.76. The Morgan fingerprint density at radius 2 is 1.77 bits per heavy atom. The molecular formula is C18H12Cl3N3OS. The lowest BCUT2D eigenvalue weighted by Gasteiger charge is -2.12. The number of rotatable bonds is 3. The second kappa shape index (κ2) is 7.16. The van der Waals surface area contributed by atoms with Gasteiger partial charge in [0.05, 0.1) is 22.0 Å². The zero-order chi connectivity index (χ0) is 18.3. The summed E-state index contributed by atoms with van der Waals surface area (Å²) in [5.74, 6) is 1.97. The molecule has 4 rings (SSSR count). The van der Waals surface area contributed by atoms with E-state index in [1.54, 1.807) is 46.8 Å². The molecule has 0 bridgehead atoms. The molecule has 1 aliphatic rings. The molecule has 0 spiro atoms. The van der Waals surface area contributed by atoms with Crippen LogP contribution >= 0.6 is 46.6 Å². The molecule has 1 aromatic heterocycles. The summed E-state index contributed by atoms with van der Waals surface area (Å²) in [6, 6.07) is 12.1.